The number of nitrogens with one attached hydrogen (secondary N) is 1. The van der Waals surface area contributed by atoms with E-state index in [0.29, 0.717) is 23.7 Å². The fourth-order valence-corrected chi connectivity index (χ4v) is 2.92. The topological polar surface area (TPSA) is 90.0 Å². The first-order valence-corrected chi connectivity index (χ1v) is 8.81. The molecule has 0 saturated heterocycles. The van der Waals surface area contributed by atoms with E-state index in [2.05, 4.69) is 32.4 Å². The molecule has 0 bridgehead atoms. The summed E-state index contributed by atoms with van der Waals surface area (Å²) >= 11 is 0. The van der Waals surface area contributed by atoms with Gasteiger partial charge in [-0.3, -0.25) is 9.48 Å². The molecule has 0 unspecified atom stereocenters. The molecule has 136 valence electrons. The second-order valence-corrected chi connectivity index (χ2v) is 6.09. The molecule has 0 saturated carbocycles. The standard InChI is InChI=1S/C19H19N7O/c1-2-10-25-15(8-9-22-25)12-20-18(27)17-11-16(14-6-4-3-5-7-14)24-19-21-13-23-26(17)19/h3-9,11,13H,2,10,12H2,1H3,(H,20,27). The molecular formula is C19H19N7O. The van der Waals surface area contributed by atoms with Gasteiger partial charge in [0.05, 0.1) is 17.9 Å². The van der Waals surface area contributed by atoms with E-state index in [1.165, 1.54) is 10.8 Å². The maximum Gasteiger partial charge on any atom is 0.270 e. The van der Waals surface area contributed by atoms with Gasteiger partial charge in [-0.25, -0.2) is 4.98 Å². The first-order valence-electron chi connectivity index (χ1n) is 8.81. The van der Waals surface area contributed by atoms with Crippen molar-refractivity contribution in [3.63, 3.8) is 0 Å². The zero-order valence-electron chi connectivity index (χ0n) is 14.9. The number of fused-ring (bicyclic) bond motifs is 1. The van der Waals surface area contributed by atoms with Gasteiger partial charge in [-0.15, -0.1) is 0 Å². The lowest BCUT2D eigenvalue weighted by Crippen LogP contribution is -2.27. The number of aryl methyl sites for hydroxylation is 1. The molecule has 4 rings (SSSR count). The molecule has 0 fully saturated rings. The second kappa shape index (κ2) is 7.36. The predicted molar refractivity (Wildman–Crippen MR) is 99.9 cm³/mol. The Morgan fingerprint density at radius 3 is 2.81 bits per heavy atom. The number of hydrogen-bond acceptors (Lipinski definition) is 5. The van der Waals surface area contributed by atoms with Crippen LogP contribution in [0.4, 0.5) is 0 Å². The van der Waals surface area contributed by atoms with E-state index in [1.807, 2.05) is 41.1 Å². The molecule has 1 N–H and O–H groups in total. The number of aromatic nitrogens is 6. The first-order chi connectivity index (χ1) is 13.3. The van der Waals surface area contributed by atoms with Crippen LogP contribution in [-0.4, -0.2) is 35.3 Å². The number of benzene rings is 1. The Morgan fingerprint density at radius 1 is 1.15 bits per heavy atom. The van der Waals surface area contributed by atoms with Gasteiger partial charge in [-0.1, -0.05) is 37.3 Å². The van der Waals surface area contributed by atoms with Crippen LogP contribution in [0.1, 0.15) is 29.5 Å². The Kier molecular flexibility index (Phi) is 4.61. The molecule has 8 nitrogen and oxygen atoms in total. The van der Waals surface area contributed by atoms with Crippen LogP contribution < -0.4 is 5.32 Å². The zero-order chi connectivity index (χ0) is 18.6. The van der Waals surface area contributed by atoms with Gasteiger partial charge in [0.2, 0.25) is 0 Å². The number of amides is 1. The molecule has 27 heavy (non-hydrogen) atoms. The normalized spacial score (nSPS) is 11.0. The molecule has 0 radical (unpaired) electrons. The SMILES string of the molecule is CCCn1nccc1CNC(=O)c1cc(-c2ccccc2)nc2ncnn12. The van der Waals surface area contributed by atoms with Crippen molar-refractivity contribution in [3.8, 4) is 11.3 Å². The molecule has 0 aliphatic heterocycles. The zero-order valence-corrected chi connectivity index (χ0v) is 14.9. The highest BCUT2D eigenvalue weighted by Gasteiger charge is 2.16. The summed E-state index contributed by atoms with van der Waals surface area (Å²) in [7, 11) is 0. The highest BCUT2D eigenvalue weighted by molar-refractivity contribution is 5.94. The van der Waals surface area contributed by atoms with Crippen molar-refractivity contribution < 1.29 is 4.79 Å². The summed E-state index contributed by atoms with van der Waals surface area (Å²) in [5.41, 5.74) is 2.94. The van der Waals surface area contributed by atoms with Crippen molar-refractivity contribution in [3.05, 3.63) is 66.4 Å². The van der Waals surface area contributed by atoms with Crippen molar-refractivity contribution >= 4 is 11.7 Å². The van der Waals surface area contributed by atoms with Gasteiger partial charge in [0.15, 0.2) is 0 Å². The number of nitrogens with zero attached hydrogens (tertiary/aromatic N) is 6. The van der Waals surface area contributed by atoms with Gasteiger partial charge in [0.1, 0.15) is 12.0 Å². The first kappa shape index (κ1) is 16.9. The van der Waals surface area contributed by atoms with Crippen LogP contribution >= 0.6 is 0 Å². The van der Waals surface area contributed by atoms with Crippen LogP contribution in [0, 0.1) is 0 Å². The minimum absolute atomic E-state index is 0.241. The average molecular weight is 361 g/mol. The average Bonchev–Trinajstić information content (AvgIpc) is 3.35. The lowest BCUT2D eigenvalue weighted by Gasteiger charge is -2.10. The highest BCUT2D eigenvalue weighted by atomic mass is 16.2. The summed E-state index contributed by atoms with van der Waals surface area (Å²) in [5, 5.41) is 11.4. The quantitative estimate of drug-likeness (QED) is 0.569. The minimum Gasteiger partial charge on any atom is -0.345 e. The van der Waals surface area contributed by atoms with E-state index in [1.54, 1.807) is 12.3 Å². The number of rotatable bonds is 6. The predicted octanol–water partition coefficient (Wildman–Crippen LogP) is 2.33. The van der Waals surface area contributed by atoms with Crippen molar-refractivity contribution in [1.29, 1.82) is 0 Å². The van der Waals surface area contributed by atoms with Crippen molar-refractivity contribution in [2.45, 2.75) is 26.4 Å². The highest BCUT2D eigenvalue weighted by Crippen LogP contribution is 2.18. The van der Waals surface area contributed by atoms with Gasteiger partial charge in [0, 0.05) is 18.3 Å². The van der Waals surface area contributed by atoms with Crippen molar-refractivity contribution in [1.82, 2.24) is 34.7 Å². The summed E-state index contributed by atoms with van der Waals surface area (Å²) in [6, 6.07) is 13.3. The molecule has 4 aromatic rings. The third-order valence-corrected chi connectivity index (χ3v) is 4.22. The van der Waals surface area contributed by atoms with Crippen LogP contribution in [0.5, 0.6) is 0 Å². The van der Waals surface area contributed by atoms with Gasteiger partial charge < -0.3 is 5.32 Å². The van der Waals surface area contributed by atoms with Crippen LogP contribution in [-0.2, 0) is 13.1 Å². The molecule has 8 heteroatoms. The lowest BCUT2D eigenvalue weighted by atomic mass is 10.1. The number of hydrogen-bond donors (Lipinski definition) is 1. The van der Waals surface area contributed by atoms with Crippen LogP contribution in [0.2, 0.25) is 0 Å². The molecule has 1 amide bonds. The molecule has 0 atom stereocenters. The third-order valence-electron chi connectivity index (χ3n) is 4.22. The van der Waals surface area contributed by atoms with E-state index in [4.69, 9.17) is 0 Å². The van der Waals surface area contributed by atoms with E-state index >= 15 is 0 Å². The van der Waals surface area contributed by atoms with E-state index in [0.717, 1.165) is 24.2 Å². The molecule has 3 heterocycles. The summed E-state index contributed by atoms with van der Waals surface area (Å²) in [6.07, 6.45) is 4.12. The fraction of sp³-hybridized carbons (Fsp3) is 0.211. The molecule has 1 aromatic carbocycles. The van der Waals surface area contributed by atoms with Crippen molar-refractivity contribution in [2.75, 3.05) is 0 Å². The number of carbonyl (C=O) groups is 1. The Bertz CT molecular complexity index is 1070. The summed E-state index contributed by atoms with van der Waals surface area (Å²) in [6.45, 7) is 3.30. The van der Waals surface area contributed by atoms with Gasteiger partial charge >= 0.3 is 0 Å². The van der Waals surface area contributed by atoms with E-state index < -0.39 is 0 Å². The van der Waals surface area contributed by atoms with Gasteiger partial charge in [-0.05, 0) is 18.6 Å². The third kappa shape index (κ3) is 3.41. The Hall–Kier alpha value is -3.55. The molecule has 0 spiro atoms. The molecule has 3 aromatic heterocycles. The Balaban J connectivity index is 1.63. The monoisotopic (exact) mass is 361 g/mol. The smallest absolute Gasteiger partial charge is 0.270 e. The van der Waals surface area contributed by atoms with Crippen LogP contribution in [0.3, 0.4) is 0 Å². The summed E-state index contributed by atoms with van der Waals surface area (Å²) in [4.78, 5) is 21.5. The maximum atomic E-state index is 12.8. The number of carbonyl (C=O) groups excluding carboxylic acids is 1. The van der Waals surface area contributed by atoms with Crippen LogP contribution in [0.15, 0.2) is 55.0 Å². The maximum absolute atomic E-state index is 12.8. The molecule has 0 aliphatic rings. The molecule has 0 aliphatic carbocycles. The minimum atomic E-state index is -0.241. The van der Waals surface area contributed by atoms with Crippen molar-refractivity contribution in [2.24, 2.45) is 0 Å². The Morgan fingerprint density at radius 2 is 2.00 bits per heavy atom. The Labute approximate surface area is 155 Å². The lowest BCUT2D eigenvalue weighted by molar-refractivity contribution is 0.0942. The summed E-state index contributed by atoms with van der Waals surface area (Å²) in [5.74, 6) is 0.145. The summed E-state index contributed by atoms with van der Waals surface area (Å²) < 4.78 is 3.35. The van der Waals surface area contributed by atoms with Gasteiger partial charge in [-0.2, -0.15) is 19.7 Å². The van der Waals surface area contributed by atoms with Gasteiger partial charge in [0.25, 0.3) is 11.7 Å². The van der Waals surface area contributed by atoms with E-state index in [9.17, 15) is 4.79 Å². The largest absolute Gasteiger partial charge is 0.345 e. The second-order valence-electron chi connectivity index (χ2n) is 6.09. The molecular weight excluding hydrogens is 342 g/mol. The fourth-order valence-electron chi connectivity index (χ4n) is 2.92. The van der Waals surface area contributed by atoms with Crippen LogP contribution in [0.25, 0.3) is 17.0 Å². The van der Waals surface area contributed by atoms with E-state index in [-0.39, 0.29) is 5.91 Å².